The molecule has 1 heterocycles. The van der Waals surface area contributed by atoms with Gasteiger partial charge in [-0.2, -0.15) is 0 Å². The Hall–Kier alpha value is -0.640. The minimum absolute atomic E-state index is 0.148. The van der Waals surface area contributed by atoms with E-state index < -0.39 is 16.8 Å². The zero-order valence-electron chi connectivity index (χ0n) is 11.8. The van der Waals surface area contributed by atoms with Crippen molar-refractivity contribution < 1.29 is 14.2 Å². The van der Waals surface area contributed by atoms with Gasteiger partial charge in [0.05, 0.1) is 16.8 Å². The normalized spacial score (nSPS) is 28.6. The maximum absolute atomic E-state index is 13.9. The number of aliphatic hydroxyl groups is 1. The molecule has 19 heavy (non-hydrogen) atoms. The summed E-state index contributed by atoms with van der Waals surface area (Å²) < 4.78 is 19.8. The van der Waals surface area contributed by atoms with Gasteiger partial charge in [-0.1, -0.05) is 17.7 Å². The molecule has 0 saturated carbocycles. The highest BCUT2D eigenvalue weighted by Crippen LogP contribution is 2.47. The Labute approximate surface area is 118 Å². The predicted molar refractivity (Wildman–Crippen MR) is 73.9 cm³/mol. The van der Waals surface area contributed by atoms with Crippen LogP contribution in [-0.2, 0) is 11.2 Å². The maximum Gasteiger partial charge on any atom is 0.127 e. The van der Waals surface area contributed by atoms with E-state index in [9.17, 15) is 9.50 Å². The summed E-state index contributed by atoms with van der Waals surface area (Å²) in [5.74, 6) is -0.388. The number of ether oxygens (including phenoxy) is 1. The van der Waals surface area contributed by atoms with Crippen LogP contribution in [-0.4, -0.2) is 21.9 Å². The SMILES string of the molecule is CC1(C)CC(O)(Cc2c(F)cccc2Cl)C(C)(C)O1. The molecule has 106 valence electrons. The summed E-state index contributed by atoms with van der Waals surface area (Å²) in [5, 5.41) is 11.2. The first kappa shape index (κ1) is 14.8. The molecule has 0 aliphatic carbocycles. The van der Waals surface area contributed by atoms with E-state index in [0.29, 0.717) is 17.0 Å². The molecule has 2 rings (SSSR count). The lowest BCUT2D eigenvalue weighted by atomic mass is 9.78. The van der Waals surface area contributed by atoms with Gasteiger partial charge in [-0.15, -0.1) is 0 Å². The number of hydrogen-bond donors (Lipinski definition) is 1. The third-order valence-corrected chi connectivity index (χ3v) is 4.26. The Morgan fingerprint density at radius 3 is 2.42 bits per heavy atom. The number of hydrogen-bond acceptors (Lipinski definition) is 2. The fourth-order valence-corrected chi connectivity index (χ4v) is 3.24. The lowest BCUT2D eigenvalue weighted by Crippen LogP contribution is -2.48. The van der Waals surface area contributed by atoms with E-state index in [4.69, 9.17) is 16.3 Å². The Bertz CT molecular complexity index is 479. The maximum atomic E-state index is 13.9. The van der Waals surface area contributed by atoms with Crippen LogP contribution in [0, 0.1) is 5.82 Å². The molecule has 2 nitrogen and oxygen atoms in total. The largest absolute Gasteiger partial charge is 0.386 e. The summed E-state index contributed by atoms with van der Waals surface area (Å²) in [6.45, 7) is 7.51. The van der Waals surface area contributed by atoms with Crippen LogP contribution in [0.1, 0.15) is 39.7 Å². The molecule has 1 aliphatic heterocycles. The highest BCUT2D eigenvalue weighted by Gasteiger charge is 2.56. The predicted octanol–water partition coefficient (Wildman–Crippen LogP) is 3.73. The van der Waals surface area contributed by atoms with Gasteiger partial charge in [0.25, 0.3) is 0 Å². The summed E-state index contributed by atoms with van der Waals surface area (Å²) in [4.78, 5) is 0. The standard InChI is InChI=1S/C15H20ClFO2/c1-13(2)9-15(18,14(3,4)19-13)8-10-11(16)6-5-7-12(10)17/h5-7,18H,8-9H2,1-4H3. The van der Waals surface area contributed by atoms with E-state index in [-0.39, 0.29) is 12.2 Å². The van der Waals surface area contributed by atoms with Crippen LogP contribution < -0.4 is 0 Å². The Balaban J connectivity index is 2.37. The van der Waals surface area contributed by atoms with Gasteiger partial charge in [0.2, 0.25) is 0 Å². The first-order valence-corrected chi connectivity index (χ1v) is 6.80. The summed E-state index contributed by atoms with van der Waals surface area (Å²) >= 11 is 6.04. The van der Waals surface area contributed by atoms with Crippen LogP contribution in [0.25, 0.3) is 0 Å². The van der Waals surface area contributed by atoms with Crippen molar-refractivity contribution in [1.29, 1.82) is 0 Å². The molecule has 1 aromatic rings. The lowest BCUT2D eigenvalue weighted by Gasteiger charge is -2.35. The molecule has 1 aromatic carbocycles. The van der Waals surface area contributed by atoms with Crippen LogP contribution in [0.4, 0.5) is 4.39 Å². The molecule has 0 aromatic heterocycles. The number of halogens is 2. The molecule has 0 bridgehead atoms. The quantitative estimate of drug-likeness (QED) is 0.898. The van der Waals surface area contributed by atoms with Crippen molar-refractivity contribution in [3.05, 3.63) is 34.6 Å². The first-order valence-electron chi connectivity index (χ1n) is 6.42. The van der Waals surface area contributed by atoms with Crippen molar-refractivity contribution in [1.82, 2.24) is 0 Å². The summed E-state index contributed by atoms with van der Waals surface area (Å²) in [6, 6.07) is 4.56. The zero-order valence-corrected chi connectivity index (χ0v) is 12.5. The minimum atomic E-state index is -1.14. The molecule has 4 heteroatoms. The molecule has 1 unspecified atom stereocenters. The fourth-order valence-electron chi connectivity index (χ4n) is 3.01. The van der Waals surface area contributed by atoms with Crippen molar-refractivity contribution in [3.63, 3.8) is 0 Å². The van der Waals surface area contributed by atoms with Crippen molar-refractivity contribution in [2.75, 3.05) is 0 Å². The first-order chi connectivity index (χ1) is 8.56. The summed E-state index contributed by atoms with van der Waals surface area (Å²) in [7, 11) is 0. The second-order valence-corrected chi connectivity index (χ2v) is 6.86. The van der Waals surface area contributed by atoms with Gasteiger partial charge < -0.3 is 9.84 Å². The van der Waals surface area contributed by atoms with Gasteiger partial charge >= 0.3 is 0 Å². The molecule has 1 N–H and O–H groups in total. The topological polar surface area (TPSA) is 29.5 Å². The van der Waals surface area contributed by atoms with Crippen molar-refractivity contribution in [2.24, 2.45) is 0 Å². The average Bonchev–Trinajstić information content (AvgIpc) is 2.37. The van der Waals surface area contributed by atoms with E-state index in [1.54, 1.807) is 12.1 Å². The second-order valence-electron chi connectivity index (χ2n) is 6.46. The Morgan fingerprint density at radius 1 is 1.32 bits per heavy atom. The van der Waals surface area contributed by atoms with Crippen LogP contribution in [0.3, 0.4) is 0 Å². The molecule has 1 saturated heterocycles. The van der Waals surface area contributed by atoms with Crippen molar-refractivity contribution in [3.8, 4) is 0 Å². The van der Waals surface area contributed by atoms with Gasteiger partial charge in [0.15, 0.2) is 0 Å². The van der Waals surface area contributed by atoms with Crippen LogP contribution in [0.2, 0.25) is 5.02 Å². The smallest absolute Gasteiger partial charge is 0.127 e. The molecule has 1 atom stereocenters. The molecule has 0 radical (unpaired) electrons. The van der Waals surface area contributed by atoms with Gasteiger partial charge in [0, 0.05) is 23.4 Å². The van der Waals surface area contributed by atoms with Gasteiger partial charge in [-0.3, -0.25) is 0 Å². The lowest BCUT2D eigenvalue weighted by molar-refractivity contribution is -0.125. The van der Waals surface area contributed by atoms with E-state index in [1.807, 2.05) is 27.7 Å². The molecular weight excluding hydrogens is 267 g/mol. The third-order valence-electron chi connectivity index (χ3n) is 3.90. The third kappa shape index (κ3) is 2.64. The average molecular weight is 287 g/mol. The van der Waals surface area contributed by atoms with Crippen LogP contribution in [0.5, 0.6) is 0 Å². The highest BCUT2D eigenvalue weighted by atomic mass is 35.5. The minimum Gasteiger partial charge on any atom is -0.386 e. The fraction of sp³-hybridized carbons (Fsp3) is 0.600. The van der Waals surface area contributed by atoms with E-state index in [2.05, 4.69) is 0 Å². The van der Waals surface area contributed by atoms with Gasteiger partial charge in [-0.25, -0.2) is 4.39 Å². The van der Waals surface area contributed by atoms with E-state index in [0.717, 1.165) is 0 Å². The monoisotopic (exact) mass is 286 g/mol. The summed E-state index contributed by atoms with van der Waals surface area (Å²) in [5.41, 5.74) is -1.97. The Kier molecular flexibility index (Phi) is 3.45. The van der Waals surface area contributed by atoms with Crippen molar-refractivity contribution >= 4 is 11.6 Å². The Morgan fingerprint density at radius 2 is 1.95 bits per heavy atom. The molecule has 1 fully saturated rings. The number of benzene rings is 1. The number of rotatable bonds is 2. The summed E-state index contributed by atoms with van der Waals surface area (Å²) in [6.07, 6.45) is 0.590. The van der Waals surface area contributed by atoms with Crippen LogP contribution in [0.15, 0.2) is 18.2 Å². The molecule has 0 amide bonds. The molecule has 1 aliphatic rings. The van der Waals surface area contributed by atoms with Gasteiger partial charge in [0.1, 0.15) is 5.82 Å². The molecule has 0 spiro atoms. The highest BCUT2D eigenvalue weighted by molar-refractivity contribution is 6.31. The second kappa shape index (κ2) is 4.44. The van der Waals surface area contributed by atoms with E-state index in [1.165, 1.54) is 6.07 Å². The molecular formula is C15H20ClFO2. The zero-order chi connectivity index (χ0) is 14.5. The van der Waals surface area contributed by atoms with Gasteiger partial charge in [-0.05, 0) is 39.8 Å². The van der Waals surface area contributed by atoms with Crippen molar-refractivity contribution in [2.45, 2.75) is 57.3 Å². The van der Waals surface area contributed by atoms with Crippen LogP contribution >= 0.6 is 11.6 Å². The van der Waals surface area contributed by atoms with E-state index >= 15 is 0 Å².